The van der Waals surface area contributed by atoms with Crippen molar-refractivity contribution in [1.29, 1.82) is 0 Å². The predicted octanol–water partition coefficient (Wildman–Crippen LogP) is 8.12. The summed E-state index contributed by atoms with van der Waals surface area (Å²) in [4.78, 5) is 9.95. The molecular weight excluding hydrogens is 416 g/mol. The summed E-state index contributed by atoms with van der Waals surface area (Å²) in [6.07, 6.45) is 22.1. The molecule has 0 aromatic heterocycles. The van der Waals surface area contributed by atoms with Crippen LogP contribution >= 0.6 is 15.9 Å². The highest BCUT2D eigenvalue weighted by molar-refractivity contribution is 9.09. The van der Waals surface area contributed by atoms with Crippen molar-refractivity contribution in [1.82, 2.24) is 0 Å². The van der Waals surface area contributed by atoms with Crippen molar-refractivity contribution >= 4 is 21.9 Å². The van der Waals surface area contributed by atoms with Gasteiger partial charge >= 0.3 is 5.97 Å². The summed E-state index contributed by atoms with van der Waals surface area (Å²) in [6.45, 7) is 4.94. The van der Waals surface area contributed by atoms with Gasteiger partial charge in [-0.25, -0.2) is 0 Å². The van der Waals surface area contributed by atoms with Gasteiger partial charge in [-0.3, -0.25) is 4.79 Å². The number of hydrogen-bond donors (Lipinski definition) is 2. The molecule has 0 unspecified atom stereocenters. The third-order valence-corrected chi connectivity index (χ3v) is 5.78. The zero-order valence-corrected chi connectivity index (χ0v) is 20.5. The van der Waals surface area contributed by atoms with E-state index in [-0.39, 0.29) is 0 Å². The van der Waals surface area contributed by atoms with Crippen LogP contribution in [0.1, 0.15) is 129 Å². The molecule has 170 valence electrons. The molecule has 4 heteroatoms. The van der Waals surface area contributed by atoms with Crippen molar-refractivity contribution < 1.29 is 15.0 Å². The van der Waals surface area contributed by atoms with Crippen LogP contribution in [0.5, 0.6) is 0 Å². The normalized spacial score (nSPS) is 10.8. The summed E-state index contributed by atoms with van der Waals surface area (Å²) >= 11 is 3.27. The Bertz CT molecular complexity index is 282. The third kappa shape index (κ3) is 28.1. The third-order valence-electron chi connectivity index (χ3n) is 5.21. The largest absolute Gasteiger partial charge is 0.481 e. The van der Waals surface area contributed by atoms with Gasteiger partial charge in [0, 0.05) is 18.4 Å². The van der Waals surface area contributed by atoms with Crippen LogP contribution in [-0.2, 0) is 4.79 Å². The van der Waals surface area contributed by atoms with Crippen molar-refractivity contribution in [2.75, 3.05) is 11.9 Å². The first-order chi connectivity index (χ1) is 13.6. The molecule has 0 bridgehead atoms. The standard InChI is InChI=1S/C18H38O.C6H11BrO2/c1-3-5-7-9-11-13-15-18(17-19)16-14-12-10-8-6-4-2;7-5-3-1-2-4-6(8)9/h18-19H,3-17H2,1-2H3;1-5H2,(H,8,9). The van der Waals surface area contributed by atoms with Crippen LogP contribution in [0.2, 0.25) is 0 Å². The maximum atomic E-state index is 9.95. The van der Waals surface area contributed by atoms with E-state index in [0.29, 0.717) is 18.9 Å². The molecule has 2 N–H and O–H groups in total. The average Bonchev–Trinajstić information content (AvgIpc) is 2.69. The minimum Gasteiger partial charge on any atom is -0.481 e. The summed E-state index contributed by atoms with van der Waals surface area (Å²) in [5.74, 6) is -0.109. The van der Waals surface area contributed by atoms with E-state index >= 15 is 0 Å². The Balaban J connectivity index is 0. The van der Waals surface area contributed by atoms with Crippen LogP contribution in [0.4, 0.5) is 0 Å². The molecule has 0 aliphatic carbocycles. The molecular formula is C24H49BrO3. The Morgan fingerprint density at radius 2 is 1.14 bits per heavy atom. The molecule has 0 aliphatic rings. The molecule has 0 saturated carbocycles. The number of rotatable bonds is 20. The molecule has 0 aliphatic heterocycles. The Morgan fingerprint density at radius 3 is 1.54 bits per heavy atom. The number of hydrogen-bond acceptors (Lipinski definition) is 2. The van der Waals surface area contributed by atoms with E-state index in [4.69, 9.17) is 5.11 Å². The van der Waals surface area contributed by atoms with Crippen molar-refractivity contribution in [3.63, 3.8) is 0 Å². The van der Waals surface area contributed by atoms with E-state index in [0.717, 1.165) is 24.6 Å². The molecule has 3 nitrogen and oxygen atoms in total. The lowest BCUT2D eigenvalue weighted by atomic mass is 9.95. The monoisotopic (exact) mass is 464 g/mol. The summed E-state index contributed by atoms with van der Waals surface area (Å²) in [6, 6.07) is 0. The smallest absolute Gasteiger partial charge is 0.303 e. The van der Waals surface area contributed by atoms with Gasteiger partial charge in [0.2, 0.25) is 0 Å². The van der Waals surface area contributed by atoms with E-state index in [9.17, 15) is 9.90 Å². The molecule has 0 atom stereocenters. The van der Waals surface area contributed by atoms with Gasteiger partial charge in [0.05, 0.1) is 0 Å². The summed E-state index contributed by atoms with van der Waals surface area (Å²) in [5.41, 5.74) is 0. The minimum atomic E-state index is -0.690. The Labute approximate surface area is 184 Å². The average molecular weight is 466 g/mol. The van der Waals surface area contributed by atoms with Crippen LogP contribution in [0.3, 0.4) is 0 Å². The van der Waals surface area contributed by atoms with E-state index < -0.39 is 5.97 Å². The number of halogens is 1. The zero-order chi connectivity index (χ0) is 21.3. The summed E-state index contributed by atoms with van der Waals surface area (Å²) in [7, 11) is 0. The highest BCUT2D eigenvalue weighted by Crippen LogP contribution is 2.18. The topological polar surface area (TPSA) is 57.5 Å². The quantitative estimate of drug-likeness (QED) is 0.141. The number of alkyl halides is 1. The number of carboxylic acids is 1. The zero-order valence-electron chi connectivity index (χ0n) is 18.9. The predicted molar refractivity (Wildman–Crippen MR) is 126 cm³/mol. The minimum absolute atomic E-state index is 0.312. The molecule has 0 radical (unpaired) electrons. The Hall–Kier alpha value is -0.0900. The van der Waals surface area contributed by atoms with Gasteiger partial charge in [0.15, 0.2) is 0 Å². The first-order valence-electron chi connectivity index (χ1n) is 12.0. The van der Waals surface area contributed by atoms with Crippen LogP contribution in [0, 0.1) is 5.92 Å². The second kappa shape index (κ2) is 26.9. The number of unbranched alkanes of at least 4 members (excludes halogenated alkanes) is 12. The lowest BCUT2D eigenvalue weighted by Crippen LogP contribution is -2.06. The van der Waals surface area contributed by atoms with Crippen LogP contribution in [0.25, 0.3) is 0 Å². The van der Waals surface area contributed by atoms with Gasteiger partial charge in [-0.2, -0.15) is 0 Å². The molecule has 0 saturated heterocycles. The van der Waals surface area contributed by atoms with Gasteiger partial charge < -0.3 is 10.2 Å². The van der Waals surface area contributed by atoms with E-state index in [1.165, 1.54) is 89.9 Å². The molecule has 0 heterocycles. The van der Waals surface area contributed by atoms with E-state index in [1.54, 1.807) is 0 Å². The fourth-order valence-electron chi connectivity index (χ4n) is 3.30. The number of aliphatic hydroxyl groups excluding tert-OH is 1. The fraction of sp³-hybridized carbons (Fsp3) is 0.958. The van der Waals surface area contributed by atoms with Crippen LogP contribution < -0.4 is 0 Å². The maximum Gasteiger partial charge on any atom is 0.303 e. The van der Waals surface area contributed by atoms with Crippen molar-refractivity contribution in [2.45, 2.75) is 129 Å². The first kappa shape index (κ1) is 30.1. The molecule has 0 rings (SSSR count). The van der Waals surface area contributed by atoms with Crippen LogP contribution in [-0.4, -0.2) is 28.1 Å². The molecule has 28 heavy (non-hydrogen) atoms. The molecule has 0 aromatic rings. The van der Waals surface area contributed by atoms with Crippen molar-refractivity contribution in [2.24, 2.45) is 5.92 Å². The number of aliphatic carboxylic acids is 1. The maximum absolute atomic E-state index is 9.95. The van der Waals surface area contributed by atoms with Gasteiger partial charge in [-0.15, -0.1) is 0 Å². The second-order valence-corrected chi connectivity index (χ2v) is 8.85. The lowest BCUT2D eigenvalue weighted by Gasteiger charge is -2.13. The molecule has 0 spiro atoms. The first-order valence-corrected chi connectivity index (χ1v) is 13.1. The van der Waals surface area contributed by atoms with Crippen molar-refractivity contribution in [3.05, 3.63) is 0 Å². The van der Waals surface area contributed by atoms with Gasteiger partial charge in [-0.1, -0.05) is 113 Å². The van der Waals surface area contributed by atoms with E-state index in [1.807, 2.05) is 0 Å². The summed E-state index contributed by atoms with van der Waals surface area (Å²) < 4.78 is 0. The number of aliphatic hydroxyl groups is 1. The number of carboxylic acid groups (broad SMARTS) is 1. The lowest BCUT2D eigenvalue weighted by molar-refractivity contribution is -0.137. The molecule has 0 amide bonds. The SMILES string of the molecule is CCCCCCCCC(CO)CCCCCCCC.O=C(O)CCCCCBr. The second-order valence-electron chi connectivity index (χ2n) is 8.05. The summed E-state index contributed by atoms with van der Waals surface area (Å²) in [5, 5.41) is 18.6. The Morgan fingerprint density at radius 1 is 0.714 bits per heavy atom. The van der Waals surface area contributed by atoms with Crippen LogP contribution in [0.15, 0.2) is 0 Å². The molecule has 0 aromatic carbocycles. The van der Waals surface area contributed by atoms with Gasteiger partial charge in [0.25, 0.3) is 0 Å². The number of carbonyl (C=O) groups is 1. The van der Waals surface area contributed by atoms with Gasteiger partial charge in [-0.05, 0) is 31.6 Å². The molecule has 0 fully saturated rings. The van der Waals surface area contributed by atoms with Crippen molar-refractivity contribution in [3.8, 4) is 0 Å². The Kier molecular flexibility index (Phi) is 28.9. The highest BCUT2D eigenvalue weighted by atomic mass is 79.9. The van der Waals surface area contributed by atoms with E-state index in [2.05, 4.69) is 29.8 Å². The fourth-order valence-corrected chi connectivity index (χ4v) is 3.70. The highest BCUT2D eigenvalue weighted by Gasteiger charge is 2.06. The van der Waals surface area contributed by atoms with Gasteiger partial charge in [0.1, 0.15) is 0 Å².